The molecular formula is C24H32. The molecule has 0 heteroatoms. The second-order valence-electron chi connectivity index (χ2n) is 8.89. The molecule has 0 bridgehead atoms. The van der Waals surface area contributed by atoms with E-state index in [2.05, 4.69) is 109 Å². The molecule has 1 unspecified atom stereocenters. The van der Waals surface area contributed by atoms with Crippen LogP contribution >= 0.6 is 0 Å². The molecule has 0 fully saturated rings. The normalized spacial score (nSPS) is 14.1. The van der Waals surface area contributed by atoms with Crippen LogP contribution in [-0.4, -0.2) is 0 Å². The van der Waals surface area contributed by atoms with Crippen molar-refractivity contribution in [2.75, 3.05) is 0 Å². The van der Waals surface area contributed by atoms with Gasteiger partial charge in [-0.25, -0.2) is 0 Å². The summed E-state index contributed by atoms with van der Waals surface area (Å²) in [4.78, 5) is 0. The highest BCUT2D eigenvalue weighted by Gasteiger charge is 2.14. The number of hydrogen-bond donors (Lipinski definition) is 0. The molecule has 0 aromatic heterocycles. The predicted octanol–water partition coefficient (Wildman–Crippen LogP) is 7.10. The maximum Gasteiger partial charge on any atom is -0.000710 e. The Balaban J connectivity index is 2.08. The van der Waals surface area contributed by atoms with E-state index in [0.717, 1.165) is 0 Å². The number of benzene rings is 2. The van der Waals surface area contributed by atoms with Gasteiger partial charge in [0.15, 0.2) is 0 Å². The Morgan fingerprint density at radius 1 is 0.667 bits per heavy atom. The number of hydrogen-bond acceptors (Lipinski definition) is 0. The summed E-state index contributed by atoms with van der Waals surface area (Å²) >= 11 is 0. The van der Waals surface area contributed by atoms with Crippen LogP contribution in [0.5, 0.6) is 0 Å². The van der Waals surface area contributed by atoms with Crippen LogP contribution in [-0.2, 0) is 10.8 Å². The summed E-state index contributed by atoms with van der Waals surface area (Å²) in [7, 11) is 0. The predicted molar refractivity (Wildman–Crippen MR) is 108 cm³/mol. The Morgan fingerprint density at radius 2 is 1.08 bits per heavy atom. The highest BCUT2D eigenvalue weighted by Crippen LogP contribution is 2.26. The minimum Gasteiger partial charge on any atom is -0.0767 e. The maximum absolute atomic E-state index is 2.29. The monoisotopic (exact) mass is 320 g/mol. The van der Waals surface area contributed by atoms with Crippen molar-refractivity contribution in [3.8, 4) is 0 Å². The van der Waals surface area contributed by atoms with Crippen LogP contribution in [0.4, 0.5) is 0 Å². The minimum atomic E-state index is 0.213. The molecule has 0 heterocycles. The van der Waals surface area contributed by atoms with Gasteiger partial charge in [0.2, 0.25) is 0 Å². The summed E-state index contributed by atoms with van der Waals surface area (Å²) in [5.41, 5.74) is 5.83. The molecule has 0 aliphatic heterocycles. The van der Waals surface area contributed by atoms with Gasteiger partial charge in [-0.3, -0.25) is 0 Å². The first-order valence-electron chi connectivity index (χ1n) is 8.96. The number of rotatable bonds is 3. The van der Waals surface area contributed by atoms with Crippen molar-refractivity contribution in [1.29, 1.82) is 0 Å². The molecule has 2 aromatic rings. The molecule has 2 rings (SSSR count). The molecular weight excluding hydrogens is 288 g/mol. The average molecular weight is 321 g/mol. The lowest BCUT2D eigenvalue weighted by Crippen LogP contribution is -2.10. The molecule has 2 aromatic carbocycles. The first-order valence-corrected chi connectivity index (χ1v) is 8.96. The molecule has 0 amide bonds. The van der Waals surface area contributed by atoms with Crippen molar-refractivity contribution in [3.05, 3.63) is 76.9 Å². The zero-order valence-electron chi connectivity index (χ0n) is 16.4. The lowest BCUT2D eigenvalue weighted by Gasteiger charge is -2.20. The van der Waals surface area contributed by atoms with E-state index in [-0.39, 0.29) is 10.8 Å². The maximum atomic E-state index is 2.29. The van der Waals surface area contributed by atoms with Gasteiger partial charge < -0.3 is 0 Å². The van der Waals surface area contributed by atoms with Crippen molar-refractivity contribution in [2.45, 2.75) is 65.2 Å². The fraction of sp³-hybridized carbons (Fsp3) is 0.417. The Hall–Kier alpha value is -1.82. The van der Waals surface area contributed by atoms with Gasteiger partial charge in [0.05, 0.1) is 0 Å². The van der Waals surface area contributed by atoms with Crippen molar-refractivity contribution >= 4 is 6.08 Å². The summed E-state index contributed by atoms with van der Waals surface area (Å²) in [6.07, 6.45) is 4.52. The van der Waals surface area contributed by atoms with Crippen LogP contribution in [0.3, 0.4) is 0 Å². The standard InChI is InChI=1S/C24H32/c1-18(20-12-16-22(17-13-20)24(5,6)7)8-9-19-10-14-21(15-11-19)23(2,3)4/h8-18H,1-7H3/b9-8+. The van der Waals surface area contributed by atoms with Gasteiger partial charge in [-0.2, -0.15) is 0 Å². The van der Waals surface area contributed by atoms with Gasteiger partial charge in [-0.15, -0.1) is 0 Å². The summed E-state index contributed by atoms with van der Waals surface area (Å²) in [6.45, 7) is 15.8. The third kappa shape index (κ3) is 4.84. The van der Waals surface area contributed by atoms with Crippen molar-refractivity contribution in [2.24, 2.45) is 0 Å². The molecule has 0 spiro atoms. The van der Waals surface area contributed by atoms with Crippen LogP contribution in [0, 0.1) is 0 Å². The molecule has 0 saturated heterocycles. The van der Waals surface area contributed by atoms with Crippen molar-refractivity contribution in [3.63, 3.8) is 0 Å². The lowest BCUT2D eigenvalue weighted by molar-refractivity contribution is 0.589. The molecule has 0 N–H and O–H groups in total. The summed E-state index contributed by atoms with van der Waals surface area (Å²) in [5, 5.41) is 0. The van der Waals surface area contributed by atoms with Gasteiger partial charge >= 0.3 is 0 Å². The van der Waals surface area contributed by atoms with E-state index in [4.69, 9.17) is 0 Å². The molecule has 0 aliphatic rings. The van der Waals surface area contributed by atoms with E-state index in [9.17, 15) is 0 Å². The van der Waals surface area contributed by atoms with Crippen LogP contribution in [0.2, 0.25) is 0 Å². The minimum absolute atomic E-state index is 0.213. The van der Waals surface area contributed by atoms with Gasteiger partial charge in [-0.05, 0) is 39.0 Å². The highest BCUT2D eigenvalue weighted by atomic mass is 14.2. The van der Waals surface area contributed by atoms with E-state index >= 15 is 0 Å². The van der Waals surface area contributed by atoms with Crippen LogP contribution in [0.1, 0.15) is 76.6 Å². The Kier molecular flexibility index (Phi) is 5.38. The summed E-state index contributed by atoms with van der Waals surface area (Å²) in [6, 6.07) is 18.0. The topological polar surface area (TPSA) is 0 Å². The van der Waals surface area contributed by atoms with Crippen molar-refractivity contribution in [1.82, 2.24) is 0 Å². The third-order valence-corrected chi connectivity index (χ3v) is 4.66. The van der Waals surface area contributed by atoms with E-state index in [1.54, 1.807) is 0 Å². The summed E-state index contributed by atoms with van der Waals surface area (Å²) in [5.74, 6) is 0.418. The van der Waals surface area contributed by atoms with Crippen LogP contribution in [0.25, 0.3) is 6.08 Å². The molecule has 24 heavy (non-hydrogen) atoms. The SMILES string of the molecule is CC(/C=C/c1ccc(C(C)(C)C)cc1)c1ccc(C(C)(C)C)cc1. The molecule has 0 radical (unpaired) electrons. The Bertz CT molecular complexity index is 671. The lowest BCUT2D eigenvalue weighted by atomic mass is 9.85. The Morgan fingerprint density at radius 3 is 1.50 bits per heavy atom. The average Bonchev–Trinajstić information content (AvgIpc) is 2.51. The quantitative estimate of drug-likeness (QED) is 0.566. The fourth-order valence-electron chi connectivity index (χ4n) is 2.75. The van der Waals surface area contributed by atoms with Gasteiger partial charge in [0.1, 0.15) is 0 Å². The van der Waals surface area contributed by atoms with Gasteiger partial charge in [-0.1, -0.05) is 109 Å². The van der Waals surface area contributed by atoms with Crippen molar-refractivity contribution < 1.29 is 0 Å². The summed E-state index contributed by atoms with van der Waals surface area (Å²) < 4.78 is 0. The van der Waals surface area contributed by atoms with E-state index in [1.807, 2.05) is 0 Å². The first kappa shape index (κ1) is 18.5. The second kappa shape index (κ2) is 6.97. The smallest absolute Gasteiger partial charge is 0.000710 e. The molecule has 1 atom stereocenters. The van der Waals surface area contributed by atoms with Crippen LogP contribution in [0.15, 0.2) is 54.6 Å². The van der Waals surface area contributed by atoms with Gasteiger partial charge in [0.25, 0.3) is 0 Å². The first-order chi connectivity index (χ1) is 11.1. The molecule has 0 nitrogen and oxygen atoms in total. The zero-order chi connectivity index (χ0) is 18.0. The molecule has 128 valence electrons. The molecule has 0 saturated carbocycles. The zero-order valence-corrected chi connectivity index (χ0v) is 16.4. The highest BCUT2D eigenvalue weighted by molar-refractivity contribution is 5.51. The molecule has 0 aliphatic carbocycles. The second-order valence-corrected chi connectivity index (χ2v) is 8.89. The van der Waals surface area contributed by atoms with Gasteiger partial charge in [0, 0.05) is 0 Å². The van der Waals surface area contributed by atoms with E-state index < -0.39 is 0 Å². The number of allylic oxidation sites excluding steroid dienone is 1. The van der Waals surface area contributed by atoms with E-state index in [1.165, 1.54) is 22.3 Å². The third-order valence-electron chi connectivity index (χ3n) is 4.66. The largest absolute Gasteiger partial charge is 0.0767 e. The Labute approximate surface area is 148 Å². The fourth-order valence-corrected chi connectivity index (χ4v) is 2.75. The van der Waals surface area contributed by atoms with Crippen LogP contribution < -0.4 is 0 Å². The van der Waals surface area contributed by atoms with E-state index in [0.29, 0.717) is 5.92 Å².